The molecule has 2 amide bonds. The van der Waals surface area contributed by atoms with Gasteiger partial charge in [0.2, 0.25) is 11.8 Å². The molecule has 72 valence electrons. The second-order valence-corrected chi connectivity index (χ2v) is 3.24. The summed E-state index contributed by atoms with van der Waals surface area (Å²) in [5.41, 5.74) is 0.815. The maximum atomic E-state index is 11.2. The van der Waals surface area contributed by atoms with Crippen LogP contribution < -0.4 is 0 Å². The van der Waals surface area contributed by atoms with Crippen molar-refractivity contribution in [3.8, 4) is 0 Å². The molecule has 13 heavy (non-hydrogen) atoms. The number of rotatable bonds is 0. The van der Waals surface area contributed by atoms with Crippen molar-refractivity contribution in [2.75, 3.05) is 0 Å². The number of hydrogen-bond donors (Lipinski definition) is 0. The molecule has 0 aromatic rings. The molecule has 1 aliphatic rings. The quantitative estimate of drug-likeness (QED) is 0.558. The van der Waals surface area contributed by atoms with Crippen LogP contribution in [0.4, 0.5) is 0 Å². The van der Waals surface area contributed by atoms with E-state index in [1.165, 1.54) is 23.9 Å². The molecule has 1 atom stereocenters. The normalized spacial score (nSPS) is 21.8. The summed E-state index contributed by atoms with van der Waals surface area (Å²) in [6.07, 6.45) is 1.89. The summed E-state index contributed by atoms with van der Waals surface area (Å²) in [4.78, 5) is 22.4. The van der Waals surface area contributed by atoms with E-state index in [9.17, 15) is 9.59 Å². The monoisotopic (exact) mass is 182 g/mol. The van der Waals surface area contributed by atoms with Crippen molar-refractivity contribution in [3.05, 3.63) is 11.8 Å². The lowest BCUT2D eigenvalue weighted by Gasteiger charge is -2.30. The van der Waals surface area contributed by atoms with Crippen molar-refractivity contribution in [1.82, 2.24) is 10.0 Å². The number of carbonyl (C=O) groups is 2. The van der Waals surface area contributed by atoms with Gasteiger partial charge in [0.25, 0.3) is 0 Å². The fraction of sp³-hybridized carbons (Fsp3) is 0.556. The number of amides is 2. The Bertz CT molecular complexity index is 283. The van der Waals surface area contributed by atoms with Crippen molar-refractivity contribution in [2.45, 2.75) is 33.7 Å². The van der Waals surface area contributed by atoms with Crippen LogP contribution in [0.5, 0.6) is 0 Å². The SMILES string of the molecule is CC(=O)N1C(C)=CC(C)N1C(C)=O. The van der Waals surface area contributed by atoms with E-state index in [4.69, 9.17) is 0 Å². The fourth-order valence-corrected chi connectivity index (χ4v) is 1.67. The highest BCUT2D eigenvalue weighted by atomic mass is 16.2. The Morgan fingerprint density at radius 3 is 2.15 bits per heavy atom. The molecule has 0 N–H and O–H groups in total. The van der Waals surface area contributed by atoms with Gasteiger partial charge in [-0.05, 0) is 19.9 Å². The number of nitrogens with zero attached hydrogens (tertiary/aromatic N) is 2. The molecular formula is C9H14N2O2. The fourth-order valence-electron chi connectivity index (χ4n) is 1.67. The first kappa shape index (κ1) is 9.77. The van der Waals surface area contributed by atoms with Crippen molar-refractivity contribution in [1.29, 1.82) is 0 Å². The van der Waals surface area contributed by atoms with Gasteiger partial charge in [0.15, 0.2) is 0 Å². The van der Waals surface area contributed by atoms with Crippen LogP contribution in [0.3, 0.4) is 0 Å². The maximum absolute atomic E-state index is 11.2. The molecule has 0 aliphatic carbocycles. The maximum Gasteiger partial charge on any atom is 0.242 e. The van der Waals surface area contributed by atoms with Gasteiger partial charge >= 0.3 is 0 Å². The first-order chi connectivity index (χ1) is 5.95. The third-order valence-electron chi connectivity index (χ3n) is 2.04. The topological polar surface area (TPSA) is 40.6 Å². The van der Waals surface area contributed by atoms with E-state index in [0.29, 0.717) is 0 Å². The van der Waals surface area contributed by atoms with Crippen LogP contribution in [0.1, 0.15) is 27.7 Å². The molecule has 0 aromatic carbocycles. The van der Waals surface area contributed by atoms with Gasteiger partial charge in [-0.3, -0.25) is 9.59 Å². The van der Waals surface area contributed by atoms with Crippen LogP contribution in [0, 0.1) is 0 Å². The first-order valence-corrected chi connectivity index (χ1v) is 4.24. The second-order valence-electron chi connectivity index (χ2n) is 3.24. The van der Waals surface area contributed by atoms with Crippen LogP contribution in [0.2, 0.25) is 0 Å². The minimum Gasteiger partial charge on any atom is -0.273 e. The zero-order valence-electron chi connectivity index (χ0n) is 8.37. The van der Waals surface area contributed by atoms with Gasteiger partial charge in [-0.1, -0.05) is 0 Å². The Hall–Kier alpha value is -1.32. The van der Waals surface area contributed by atoms with Gasteiger partial charge < -0.3 is 0 Å². The molecule has 0 saturated carbocycles. The van der Waals surface area contributed by atoms with Gasteiger partial charge in [0.05, 0.1) is 6.04 Å². The number of carbonyl (C=O) groups excluding carboxylic acids is 2. The zero-order valence-corrected chi connectivity index (χ0v) is 8.37. The third-order valence-corrected chi connectivity index (χ3v) is 2.04. The van der Waals surface area contributed by atoms with Crippen LogP contribution in [-0.2, 0) is 9.59 Å². The standard InChI is InChI=1S/C9H14N2O2/c1-6-5-7(2)11(9(4)13)10(6)8(3)12/h5-6H,1-4H3. The average Bonchev–Trinajstić information content (AvgIpc) is 2.24. The van der Waals surface area contributed by atoms with Gasteiger partial charge in [-0.25, -0.2) is 10.0 Å². The summed E-state index contributed by atoms with van der Waals surface area (Å²) in [6, 6.07) is -0.0265. The second kappa shape index (κ2) is 3.20. The predicted octanol–water partition coefficient (Wildman–Crippen LogP) is 0.904. The lowest BCUT2D eigenvalue weighted by Crippen LogP contribution is -2.46. The van der Waals surface area contributed by atoms with Crippen molar-refractivity contribution < 1.29 is 9.59 Å². The third kappa shape index (κ3) is 1.56. The smallest absolute Gasteiger partial charge is 0.242 e. The van der Waals surface area contributed by atoms with Crippen LogP contribution >= 0.6 is 0 Å². The molecule has 1 heterocycles. The summed E-state index contributed by atoms with van der Waals surface area (Å²) >= 11 is 0. The molecule has 1 unspecified atom stereocenters. The number of allylic oxidation sites excluding steroid dienone is 1. The lowest BCUT2D eigenvalue weighted by atomic mass is 10.3. The number of hydrogen-bond acceptors (Lipinski definition) is 2. The summed E-state index contributed by atoms with van der Waals surface area (Å²) in [7, 11) is 0. The van der Waals surface area contributed by atoms with Crippen LogP contribution in [0.25, 0.3) is 0 Å². The Morgan fingerprint density at radius 1 is 1.31 bits per heavy atom. The molecule has 1 rings (SSSR count). The molecule has 0 saturated heterocycles. The molecule has 0 bridgehead atoms. The predicted molar refractivity (Wildman–Crippen MR) is 48.3 cm³/mol. The highest BCUT2D eigenvalue weighted by molar-refractivity contribution is 5.82. The van der Waals surface area contributed by atoms with E-state index in [1.54, 1.807) is 0 Å². The van der Waals surface area contributed by atoms with Gasteiger partial charge in [0, 0.05) is 19.5 Å². The molecule has 1 aliphatic heterocycles. The van der Waals surface area contributed by atoms with Gasteiger partial charge in [0.1, 0.15) is 0 Å². The summed E-state index contributed by atoms with van der Waals surface area (Å²) in [6.45, 7) is 6.61. The molecule has 4 heteroatoms. The Balaban J connectivity index is 2.97. The zero-order chi connectivity index (χ0) is 10.2. The van der Waals surface area contributed by atoms with E-state index < -0.39 is 0 Å². The largest absolute Gasteiger partial charge is 0.273 e. The minimum absolute atomic E-state index is 0.0265. The molecule has 0 radical (unpaired) electrons. The average molecular weight is 182 g/mol. The molecule has 0 spiro atoms. The number of hydrazine groups is 1. The first-order valence-electron chi connectivity index (χ1n) is 4.24. The summed E-state index contributed by atoms with van der Waals surface area (Å²) in [5, 5.41) is 2.87. The van der Waals surface area contributed by atoms with Gasteiger partial charge in [-0.15, -0.1) is 0 Å². The van der Waals surface area contributed by atoms with E-state index in [0.717, 1.165) is 5.70 Å². The van der Waals surface area contributed by atoms with E-state index in [1.807, 2.05) is 19.9 Å². The highest BCUT2D eigenvalue weighted by Crippen LogP contribution is 2.21. The molecular weight excluding hydrogens is 168 g/mol. The van der Waals surface area contributed by atoms with E-state index >= 15 is 0 Å². The molecule has 0 fully saturated rings. The Morgan fingerprint density at radius 2 is 1.85 bits per heavy atom. The summed E-state index contributed by atoms with van der Waals surface area (Å²) in [5.74, 6) is -0.246. The van der Waals surface area contributed by atoms with Crippen molar-refractivity contribution in [2.24, 2.45) is 0 Å². The Kier molecular flexibility index (Phi) is 2.40. The minimum atomic E-state index is -0.131. The van der Waals surface area contributed by atoms with Crippen LogP contribution in [0.15, 0.2) is 11.8 Å². The Labute approximate surface area is 77.8 Å². The van der Waals surface area contributed by atoms with Crippen molar-refractivity contribution in [3.63, 3.8) is 0 Å². The molecule has 4 nitrogen and oxygen atoms in total. The lowest BCUT2D eigenvalue weighted by molar-refractivity contribution is -0.156. The van der Waals surface area contributed by atoms with Gasteiger partial charge in [-0.2, -0.15) is 0 Å². The van der Waals surface area contributed by atoms with Crippen molar-refractivity contribution >= 4 is 11.8 Å². The van der Waals surface area contributed by atoms with E-state index in [2.05, 4.69) is 0 Å². The summed E-state index contributed by atoms with van der Waals surface area (Å²) < 4.78 is 0. The molecule has 0 aromatic heterocycles. The van der Waals surface area contributed by atoms with E-state index in [-0.39, 0.29) is 17.9 Å². The highest BCUT2D eigenvalue weighted by Gasteiger charge is 2.31. The van der Waals surface area contributed by atoms with Crippen LogP contribution in [-0.4, -0.2) is 27.9 Å².